The van der Waals surface area contributed by atoms with Gasteiger partial charge < -0.3 is 9.30 Å². The molecule has 0 aromatic carbocycles. The van der Waals surface area contributed by atoms with Gasteiger partial charge in [-0.05, 0) is 33.0 Å². The van der Waals surface area contributed by atoms with Gasteiger partial charge in [-0.3, -0.25) is 9.69 Å². The lowest BCUT2D eigenvalue weighted by atomic mass is 10.2. The van der Waals surface area contributed by atoms with Crippen LogP contribution in [-0.4, -0.2) is 47.0 Å². The summed E-state index contributed by atoms with van der Waals surface area (Å²) in [5.41, 5.74) is 0.845. The fourth-order valence-electron chi connectivity index (χ4n) is 1.96. The summed E-state index contributed by atoms with van der Waals surface area (Å²) in [7, 11) is 1.71. The van der Waals surface area contributed by atoms with E-state index in [9.17, 15) is 9.59 Å². The van der Waals surface area contributed by atoms with E-state index < -0.39 is 12.1 Å². The van der Waals surface area contributed by atoms with Crippen molar-refractivity contribution < 1.29 is 14.3 Å². The zero-order valence-corrected chi connectivity index (χ0v) is 14.0. The highest BCUT2D eigenvalue weighted by atomic mass is 16.5. The van der Waals surface area contributed by atoms with Crippen LogP contribution in [0.1, 0.15) is 48.5 Å². The lowest BCUT2D eigenvalue weighted by molar-refractivity contribution is 0.0427. The third-order valence-corrected chi connectivity index (χ3v) is 3.41. The van der Waals surface area contributed by atoms with Gasteiger partial charge >= 0.3 is 5.97 Å². The normalized spacial score (nSPS) is 11.7. The highest BCUT2D eigenvalue weighted by molar-refractivity contribution is 5.97. The van der Waals surface area contributed by atoms with Crippen molar-refractivity contribution in [2.75, 3.05) is 19.6 Å². The second-order valence-electron chi connectivity index (χ2n) is 5.11. The van der Waals surface area contributed by atoms with Gasteiger partial charge in [-0.25, -0.2) is 4.79 Å². The molecule has 22 heavy (non-hydrogen) atoms. The number of ketones is 1. The van der Waals surface area contributed by atoms with E-state index in [0.29, 0.717) is 17.8 Å². The summed E-state index contributed by atoms with van der Waals surface area (Å²) < 4.78 is 6.89. The van der Waals surface area contributed by atoms with Crippen molar-refractivity contribution in [3.05, 3.63) is 23.5 Å². The second kappa shape index (κ2) is 8.40. The number of ether oxygens (including phenoxy) is 1. The summed E-state index contributed by atoms with van der Waals surface area (Å²) in [6.45, 7) is 9.90. The van der Waals surface area contributed by atoms with Crippen LogP contribution < -0.4 is 0 Å². The molecular weight excluding hydrogens is 280 g/mol. The average Bonchev–Trinajstić information content (AvgIpc) is 2.86. The molecule has 0 spiro atoms. The summed E-state index contributed by atoms with van der Waals surface area (Å²) in [5.74, 6) is 5.39. The van der Waals surface area contributed by atoms with Gasteiger partial charge in [0.05, 0.1) is 6.54 Å². The lowest BCUT2D eigenvalue weighted by Crippen LogP contribution is -2.23. The van der Waals surface area contributed by atoms with Gasteiger partial charge in [-0.15, -0.1) is 0 Å². The Morgan fingerprint density at radius 2 is 2.00 bits per heavy atom. The molecular formula is C17H24N2O3. The average molecular weight is 304 g/mol. The van der Waals surface area contributed by atoms with Crippen molar-refractivity contribution in [3.63, 3.8) is 0 Å². The summed E-state index contributed by atoms with van der Waals surface area (Å²) in [6.07, 6.45) is 1.13. The van der Waals surface area contributed by atoms with E-state index in [2.05, 4.69) is 30.6 Å². The van der Waals surface area contributed by atoms with Crippen molar-refractivity contribution in [1.29, 1.82) is 0 Å². The molecule has 0 saturated heterocycles. The van der Waals surface area contributed by atoms with E-state index in [0.717, 1.165) is 13.1 Å². The van der Waals surface area contributed by atoms with E-state index >= 15 is 0 Å². The molecule has 1 aromatic rings. The van der Waals surface area contributed by atoms with Gasteiger partial charge in [0.1, 0.15) is 5.69 Å². The summed E-state index contributed by atoms with van der Waals surface area (Å²) >= 11 is 0. The third-order valence-electron chi connectivity index (χ3n) is 3.41. The first-order chi connectivity index (χ1) is 10.4. The smallest absolute Gasteiger partial charge is 0.356 e. The van der Waals surface area contributed by atoms with Crippen LogP contribution in [0.4, 0.5) is 0 Å². The number of hydrogen-bond donors (Lipinski definition) is 0. The predicted molar refractivity (Wildman–Crippen MR) is 85.9 cm³/mol. The third kappa shape index (κ3) is 5.05. The maximum Gasteiger partial charge on any atom is 0.356 e. The number of nitrogens with zero attached hydrogens (tertiary/aromatic N) is 2. The van der Waals surface area contributed by atoms with Crippen LogP contribution >= 0.6 is 0 Å². The maximum absolute atomic E-state index is 12.1. The van der Waals surface area contributed by atoms with Crippen molar-refractivity contribution in [2.45, 2.75) is 33.8 Å². The van der Waals surface area contributed by atoms with Crippen LogP contribution in [0.3, 0.4) is 0 Å². The Bertz CT molecular complexity index is 589. The van der Waals surface area contributed by atoms with Crippen LogP contribution in [0, 0.1) is 11.8 Å². The first-order valence-corrected chi connectivity index (χ1v) is 7.48. The summed E-state index contributed by atoms with van der Waals surface area (Å²) in [6, 6.07) is 1.54. The lowest BCUT2D eigenvalue weighted by Gasteiger charge is -2.13. The van der Waals surface area contributed by atoms with E-state index in [1.54, 1.807) is 30.8 Å². The highest BCUT2D eigenvalue weighted by Crippen LogP contribution is 2.10. The molecule has 5 heteroatoms. The molecule has 120 valence electrons. The molecule has 0 aliphatic carbocycles. The minimum Gasteiger partial charge on any atom is -0.445 e. The van der Waals surface area contributed by atoms with Gasteiger partial charge in [0.15, 0.2) is 11.9 Å². The first kappa shape index (κ1) is 18.0. The molecule has 0 aliphatic heterocycles. The quantitative estimate of drug-likeness (QED) is 0.459. The Morgan fingerprint density at radius 1 is 1.36 bits per heavy atom. The molecule has 1 rings (SSSR count). The minimum atomic E-state index is -0.487. The van der Waals surface area contributed by atoms with E-state index in [-0.39, 0.29) is 5.78 Å². The number of Topliss-reactive ketones (excluding diaryl/α,β-unsaturated/α-hetero) is 1. The Morgan fingerprint density at radius 3 is 2.50 bits per heavy atom. The highest BCUT2D eigenvalue weighted by Gasteiger charge is 2.16. The van der Waals surface area contributed by atoms with Crippen molar-refractivity contribution in [1.82, 2.24) is 9.47 Å². The van der Waals surface area contributed by atoms with Crippen LogP contribution in [-0.2, 0) is 11.8 Å². The molecule has 0 bridgehead atoms. The molecule has 1 atom stereocenters. The number of carbonyl (C=O) groups excluding carboxylic acids is 2. The minimum absolute atomic E-state index is 0.0817. The van der Waals surface area contributed by atoms with Crippen LogP contribution in [0.5, 0.6) is 0 Å². The maximum atomic E-state index is 12.1. The van der Waals surface area contributed by atoms with E-state index in [1.807, 2.05) is 0 Å². The molecule has 1 unspecified atom stereocenters. The standard InChI is InChI=1S/C17H24N2O3/c1-6-19(7-2)10-8-9-13(3)22-17(21)16-11-15(14(4)20)12-18(16)5/h11-13H,6-7,10H2,1-5H3. The number of rotatable bonds is 6. The number of aromatic nitrogens is 1. The number of hydrogen-bond acceptors (Lipinski definition) is 4. The number of carbonyl (C=O) groups is 2. The van der Waals surface area contributed by atoms with Crippen molar-refractivity contribution >= 4 is 11.8 Å². The van der Waals surface area contributed by atoms with Gasteiger partial charge in [0.2, 0.25) is 0 Å². The molecule has 0 radical (unpaired) electrons. The summed E-state index contributed by atoms with van der Waals surface area (Å²) in [5, 5.41) is 0. The zero-order valence-electron chi connectivity index (χ0n) is 14.0. The molecule has 0 saturated carbocycles. The van der Waals surface area contributed by atoms with E-state index in [1.165, 1.54) is 6.92 Å². The Hall–Kier alpha value is -2.06. The molecule has 0 fully saturated rings. The predicted octanol–water partition coefficient (Wildman–Crippen LogP) is 2.12. The fourth-order valence-corrected chi connectivity index (χ4v) is 1.96. The topological polar surface area (TPSA) is 51.5 Å². The van der Waals surface area contributed by atoms with Crippen LogP contribution in [0.25, 0.3) is 0 Å². The Labute approximate surface area is 132 Å². The Kier molecular flexibility index (Phi) is 6.87. The molecule has 0 N–H and O–H groups in total. The zero-order chi connectivity index (χ0) is 16.7. The monoisotopic (exact) mass is 304 g/mol. The number of aryl methyl sites for hydroxylation is 1. The molecule has 5 nitrogen and oxygen atoms in total. The van der Waals surface area contributed by atoms with E-state index in [4.69, 9.17) is 4.74 Å². The number of esters is 1. The Balaban J connectivity index is 2.65. The SMILES string of the molecule is CCN(CC)CC#CC(C)OC(=O)c1cc(C(C)=O)cn1C. The molecule has 0 amide bonds. The van der Waals surface area contributed by atoms with Crippen LogP contribution in [0.2, 0.25) is 0 Å². The molecule has 1 heterocycles. The van der Waals surface area contributed by atoms with Crippen LogP contribution in [0.15, 0.2) is 12.3 Å². The van der Waals surface area contributed by atoms with Crippen molar-refractivity contribution in [2.24, 2.45) is 7.05 Å². The molecule has 1 aromatic heterocycles. The van der Waals surface area contributed by atoms with Gasteiger partial charge in [-0.2, -0.15) is 0 Å². The largest absolute Gasteiger partial charge is 0.445 e. The fraction of sp³-hybridized carbons (Fsp3) is 0.529. The van der Waals surface area contributed by atoms with Gasteiger partial charge in [0, 0.05) is 18.8 Å². The second-order valence-corrected chi connectivity index (χ2v) is 5.11. The van der Waals surface area contributed by atoms with Gasteiger partial charge in [-0.1, -0.05) is 25.7 Å². The molecule has 0 aliphatic rings. The first-order valence-electron chi connectivity index (χ1n) is 7.48. The van der Waals surface area contributed by atoms with Crippen molar-refractivity contribution in [3.8, 4) is 11.8 Å². The summed E-state index contributed by atoms with van der Waals surface area (Å²) in [4.78, 5) is 25.6. The van der Waals surface area contributed by atoms with Gasteiger partial charge in [0.25, 0.3) is 0 Å².